The zero-order valence-corrected chi connectivity index (χ0v) is 12.8. The van der Waals surface area contributed by atoms with E-state index in [1.807, 2.05) is 0 Å². The van der Waals surface area contributed by atoms with Gasteiger partial charge in [0.2, 0.25) is 10.0 Å². The summed E-state index contributed by atoms with van der Waals surface area (Å²) in [5.74, 6) is -0.496. The molecule has 0 amide bonds. The molecular formula is C11H16BrFN2O2S. The van der Waals surface area contributed by atoms with Crippen LogP contribution < -0.4 is 10.5 Å². The van der Waals surface area contributed by atoms with Crippen molar-refractivity contribution in [3.63, 3.8) is 0 Å². The summed E-state index contributed by atoms with van der Waals surface area (Å²) < 4.78 is 40.2. The van der Waals surface area contributed by atoms with Crippen molar-refractivity contribution < 1.29 is 12.8 Å². The second-order valence-corrected chi connectivity index (χ2v) is 7.23. The van der Waals surface area contributed by atoms with Crippen molar-refractivity contribution >= 4 is 26.0 Å². The van der Waals surface area contributed by atoms with E-state index in [0.717, 1.165) is 0 Å². The van der Waals surface area contributed by atoms with Crippen molar-refractivity contribution in [1.29, 1.82) is 0 Å². The van der Waals surface area contributed by atoms with Crippen LogP contribution in [0, 0.1) is 12.7 Å². The van der Waals surface area contributed by atoms with Gasteiger partial charge in [0.15, 0.2) is 0 Å². The fraction of sp³-hybridized carbons (Fsp3) is 0.455. The predicted octanol–water partition coefficient (Wildman–Crippen LogP) is 1.91. The number of hydrogen-bond acceptors (Lipinski definition) is 3. The van der Waals surface area contributed by atoms with Gasteiger partial charge in [0.25, 0.3) is 0 Å². The SMILES string of the molecule is Cc1cc(F)c(Br)cc1S(=O)(=O)NC(C)(C)CN. The Morgan fingerprint density at radius 2 is 2.00 bits per heavy atom. The minimum absolute atomic E-state index is 0.0392. The lowest BCUT2D eigenvalue weighted by Crippen LogP contribution is -2.48. The minimum atomic E-state index is -3.73. The Bertz CT molecular complexity index is 558. The van der Waals surface area contributed by atoms with Gasteiger partial charge < -0.3 is 5.73 Å². The van der Waals surface area contributed by atoms with Crippen LogP contribution in [0.25, 0.3) is 0 Å². The summed E-state index contributed by atoms with van der Waals surface area (Å²) in [6.07, 6.45) is 0. The van der Waals surface area contributed by atoms with Gasteiger partial charge >= 0.3 is 0 Å². The Balaban J connectivity index is 3.26. The van der Waals surface area contributed by atoms with E-state index in [9.17, 15) is 12.8 Å². The molecule has 0 atom stereocenters. The number of nitrogens with two attached hydrogens (primary N) is 1. The van der Waals surface area contributed by atoms with Gasteiger partial charge in [0.1, 0.15) is 5.82 Å². The first-order chi connectivity index (χ1) is 8.09. The molecule has 0 aliphatic carbocycles. The highest BCUT2D eigenvalue weighted by atomic mass is 79.9. The Morgan fingerprint density at radius 1 is 1.44 bits per heavy atom. The van der Waals surface area contributed by atoms with E-state index < -0.39 is 21.4 Å². The Morgan fingerprint density at radius 3 is 2.50 bits per heavy atom. The number of nitrogens with one attached hydrogen (secondary N) is 1. The molecule has 0 fully saturated rings. The summed E-state index contributed by atoms with van der Waals surface area (Å²) in [4.78, 5) is 0.0392. The third-order valence-corrected chi connectivity index (χ3v) is 4.88. The topological polar surface area (TPSA) is 72.2 Å². The summed E-state index contributed by atoms with van der Waals surface area (Å²) >= 11 is 2.98. The van der Waals surface area contributed by atoms with E-state index >= 15 is 0 Å². The first-order valence-electron chi connectivity index (χ1n) is 5.29. The van der Waals surface area contributed by atoms with Gasteiger partial charge in [0, 0.05) is 12.1 Å². The monoisotopic (exact) mass is 338 g/mol. The first kappa shape index (κ1) is 15.6. The maximum Gasteiger partial charge on any atom is 0.241 e. The van der Waals surface area contributed by atoms with E-state index in [-0.39, 0.29) is 15.9 Å². The largest absolute Gasteiger partial charge is 0.329 e. The number of benzene rings is 1. The zero-order chi connectivity index (χ0) is 14.1. The van der Waals surface area contributed by atoms with Crippen LogP contribution in [0.2, 0.25) is 0 Å². The Hall–Kier alpha value is -0.500. The van der Waals surface area contributed by atoms with Crippen LogP contribution in [-0.2, 0) is 10.0 Å². The zero-order valence-electron chi connectivity index (χ0n) is 10.4. The third kappa shape index (κ3) is 3.50. The minimum Gasteiger partial charge on any atom is -0.329 e. The van der Waals surface area contributed by atoms with Crippen LogP contribution in [0.15, 0.2) is 21.5 Å². The second kappa shape index (κ2) is 5.24. The number of sulfonamides is 1. The molecule has 3 N–H and O–H groups in total. The summed E-state index contributed by atoms with van der Waals surface area (Å²) in [6.45, 7) is 5.06. The molecule has 4 nitrogen and oxygen atoms in total. The molecule has 0 bridgehead atoms. The summed E-state index contributed by atoms with van der Waals surface area (Å²) in [5, 5.41) is 0. The van der Waals surface area contributed by atoms with Crippen molar-refractivity contribution in [2.45, 2.75) is 31.2 Å². The smallest absolute Gasteiger partial charge is 0.241 e. The molecule has 0 saturated carbocycles. The van der Waals surface area contributed by atoms with Crippen LogP contribution in [0.4, 0.5) is 4.39 Å². The maximum atomic E-state index is 13.3. The molecule has 0 aromatic heterocycles. The highest BCUT2D eigenvalue weighted by Gasteiger charge is 2.26. The van der Waals surface area contributed by atoms with Crippen molar-refractivity contribution in [1.82, 2.24) is 4.72 Å². The fourth-order valence-electron chi connectivity index (χ4n) is 1.38. The van der Waals surface area contributed by atoms with Crippen LogP contribution in [0.5, 0.6) is 0 Å². The molecule has 0 radical (unpaired) electrons. The normalized spacial score (nSPS) is 12.8. The van der Waals surface area contributed by atoms with E-state index in [4.69, 9.17) is 5.73 Å². The van der Waals surface area contributed by atoms with Crippen molar-refractivity contribution in [3.8, 4) is 0 Å². The van der Waals surface area contributed by atoms with Gasteiger partial charge in [-0.1, -0.05) is 0 Å². The van der Waals surface area contributed by atoms with Crippen molar-refractivity contribution in [2.24, 2.45) is 5.73 Å². The van der Waals surface area contributed by atoms with E-state index in [2.05, 4.69) is 20.7 Å². The van der Waals surface area contributed by atoms with Gasteiger partial charge in [-0.05, 0) is 54.4 Å². The van der Waals surface area contributed by atoms with Crippen LogP contribution in [0.1, 0.15) is 19.4 Å². The molecule has 18 heavy (non-hydrogen) atoms. The van der Waals surface area contributed by atoms with Gasteiger partial charge in [-0.3, -0.25) is 0 Å². The van der Waals surface area contributed by atoms with Gasteiger partial charge in [-0.15, -0.1) is 0 Å². The van der Waals surface area contributed by atoms with E-state index in [0.29, 0.717) is 5.56 Å². The average Bonchev–Trinajstić information content (AvgIpc) is 2.21. The Kier molecular flexibility index (Phi) is 4.53. The number of hydrogen-bond donors (Lipinski definition) is 2. The molecule has 102 valence electrons. The highest BCUT2D eigenvalue weighted by molar-refractivity contribution is 9.10. The van der Waals surface area contributed by atoms with Crippen LogP contribution in [0.3, 0.4) is 0 Å². The standard InChI is InChI=1S/C11H16BrFN2O2S/c1-7-4-9(13)8(12)5-10(7)18(16,17)15-11(2,3)6-14/h4-5,15H,6,14H2,1-3H3. The average molecular weight is 339 g/mol. The van der Waals surface area contributed by atoms with Gasteiger partial charge in [-0.25, -0.2) is 17.5 Å². The molecule has 0 aliphatic heterocycles. The lowest BCUT2D eigenvalue weighted by atomic mass is 10.1. The molecule has 0 spiro atoms. The molecule has 0 saturated heterocycles. The van der Waals surface area contributed by atoms with Crippen molar-refractivity contribution in [2.75, 3.05) is 6.54 Å². The predicted molar refractivity (Wildman–Crippen MR) is 72.3 cm³/mol. The number of halogens is 2. The molecule has 1 aromatic rings. The molecule has 7 heteroatoms. The second-order valence-electron chi connectivity index (χ2n) is 4.73. The summed E-state index contributed by atoms with van der Waals surface area (Å²) in [7, 11) is -3.73. The first-order valence-corrected chi connectivity index (χ1v) is 7.56. The number of aryl methyl sites for hydroxylation is 1. The molecular weight excluding hydrogens is 323 g/mol. The van der Waals surface area contributed by atoms with Crippen LogP contribution in [-0.4, -0.2) is 20.5 Å². The quantitative estimate of drug-likeness (QED) is 0.880. The lowest BCUT2D eigenvalue weighted by Gasteiger charge is -2.24. The highest BCUT2D eigenvalue weighted by Crippen LogP contribution is 2.24. The van der Waals surface area contributed by atoms with Crippen LogP contribution >= 0.6 is 15.9 Å². The Labute approximate surface area is 115 Å². The molecule has 0 heterocycles. The van der Waals surface area contributed by atoms with Gasteiger partial charge in [0.05, 0.1) is 9.37 Å². The molecule has 0 aliphatic rings. The molecule has 1 rings (SSSR count). The fourth-order valence-corrected chi connectivity index (χ4v) is 3.55. The summed E-state index contributed by atoms with van der Waals surface area (Å²) in [5.41, 5.74) is 5.07. The van der Waals surface area contributed by atoms with E-state index in [1.165, 1.54) is 12.1 Å². The van der Waals surface area contributed by atoms with E-state index in [1.54, 1.807) is 20.8 Å². The lowest BCUT2D eigenvalue weighted by molar-refractivity contribution is 0.462. The van der Waals surface area contributed by atoms with Crippen molar-refractivity contribution in [3.05, 3.63) is 28.0 Å². The third-order valence-electron chi connectivity index (χ3n) is 2.43. The molecule has 0 unspecified atom stereocenters. The maximum absolute atomic E-state index is 13.3. The van der Waals surface area contributed by atoms with Gasteiger partial charge in [-0.2, -0.15) is 0 Å². The molecule has 1 aromatic carbocycles. The number of rotatable bonds is 4. The summed E-state index contributed by atoms with van der Waals surface area (Å²) in [6, 6.07) is 2.42.